The van der Waals surface area contributed by atoms with E-state index >= 15 is 0 Å². The molecular weight excluding hydrogens is 312 g/mol. The van der Waals surface area contributed by atoms with Crippen LogP contribution in [0.15, 0.2) is 22.7 Å². The molecule has 1 fully saturated rings. The maximum Gasteiger partial charge on any atom is 0.335 e. The molecular formula is C13H15BrN2O3. The van der Waals surface area contributed by atoms with Gasteiger partial charge in [-0.25, -0.2) is 4.79 Å². The highest BCUT2D eigenvalue weighted by atomic mass is 79.9. The fourth-order valence-corrected chi connectivity index (χ4v) is 2.40. The second-order valence-electron chi connectivity index (χ2n) is 4.49. The van der Waals surface area contributed by atoms with Crippen LogP contribution in [0.4, 0.5) is 5.69 Å². The molecule has 1 aromatic rings. The predicted molar refractivity (Wildman–Crippen MR) is 75.4 cm³/mol. The summed E-state index contributed by atoms with van der Waals surface area (Å²) in [5, 5.41) is 14.9. The van der Waals surface area contributed by atoms with E-state index in [0.717, 1.165) is 25.8 Å². The fraction of sp³-hybridized carbons (Fsp3) is 0.385. The Balaban J connectivity index is 2.11. The Bertz CT molecular complexity index is 499. The summed E-state index contributed by atoms with van der Waals surface area (Å²) in [6.07, 6.45) is 2.92. The summed E-state index contributed by atoms with van der Waals surface area (Å²) in [4.78, 5) is 23.0. The second-order valence-corrected chi connectivity index (χ2v) is 5.35. The molecule has 2 rings (SSSR count). The molecule has 5 nitrogen and oxygen atoms in total. The smallest absolute Gasteiger partial charge is 0.335 e. The third-order valence-electron chi connectivity index (χ3n) is 3.10. The highest BCUT2D eigenvalue weighted by molar-refractivity contribution is 9.10. The number of rotatable bonds is 3. The molecule has 0 bridgehead atoms. The first-order chi connectivity index (χ1) is 9.08. The van der Waals surface area contributed by atoms with Gasteiger partial charge in [-0.15, -0.1) is 0 Å². The minimum atomic E-state index is -1.02. The van der Waals surface area contributed by atoms with E-state index in [9.17, 15) is 9.59 Å². The Labute approximate surface area is 119 Å². The molecule has 1 heterocycles. The van der Waals surface area contributed by atoms with Gasteiger partial charge in [0.05, 0.1) is 17.3 Å². The average Bonchev–Trinajstić information content (AvgIpc) is 2.42. The topological polar surface area (TPSA) is 78.4 Å². The lowest BCUT2D eigenvalue weighted by Gasteiger charge is -2.22. The van der Waals surface area contributed by atoms with E-state index in [1.54, 1.807) is 6.07 Å². The minimum absolute atomic E-state index is 0.122. The van der Waals surface area contributed by atoms with Gasteiger partial charge in [0.2, 0.25) is 5.91 Å². The molecule has 0 saturated carbocycles. The van der Waals surface area contributed by atoms with Crippen LogP contribution in [0.2, 0.25) is 0 Å². The van der Waals surface area contributed by atoms with Gasteiger partial charge >= 0.3 is 5.97 Å². The molecule has 0 unspecified atom stereocenters. The summed E-state index contributed by atoms with van der Waals surface area (Å²) >= 11 is 3.30. The molecule has 1 saturated heterocycles. The van der Waals surface area contributed by atoms with E-state index in [1.165, 1.54) is 12.1 Å². The van der Waals surface area contributed by atoms with Crippen molar-refractivity contribution in [2.24, 2.45) is 0 Å². The SMILES string of the molecule is O=C(O)c1ccc(Br)c(NC(=O)[C@H]2CCCCN2)c1. The number of nitrogens with one attached hydrogen (secondary N) is 2. The number of carbonyl (C=O) groups is 2. The Morgan fingerprint density at radius 2 is 2.16 bits per heavy atom. The normalized spacial score (nSPS) is 18.9. The first-order valence-corrected chi connectivity index (χ1v) is 6.94. The van der Waals surface area contributed by atoms with E-state index in [1.807, 2.05) is 0 Å². The van der Waals surface area contributed by atoms with Crippen LogP contribution in [0.25, 0.3) is 0 Å². The highest BCUT2D eigenvalue weighted by Gasteiger charge is 2.21. The number of carboxylic acids is 1. The van der Waals surface area contributed by atoms with Gasteiger partial charge in [0.25, 0.3) is 0 Å². The van der Waals surface area contributed by atoms with Crippen LogP contribution in [0.1, 0.15) is 29.6 Å². The third kappa shape index (κ3) is 3.54. The summed E-state index contributed by atoms with van der Waals surface area (Å²) in [6, 6.07) is 4.36. The zero-order chi connectivity index (χ0) is 13.8. The van der Waals surface area contributed by atoms with Gasteiger partial charge in [-0.1, -0.05) is 6.42 Å². The monoisotopic (exact) mass is 326 g/mol. The van der Waals surface area contributed by atoms with E-state index in [-0.39, 0.29) is 17.5 Å². The lowest BCUT2D eigenvalue weighted by atomic mass is 10.0. The lowest BCUT2D eigenvalue weighted by molar-refractivity contribution is -0.118. The molecule has 0 spiro atoms. The van der Waals surface area contributed by atoms with Crippen LogP contribution < -0.4 is 10.6 Å². The van der Waals surface area contributed by atoms with Gasteiger partial charge in [-0.2, -0.15) is 0 Å². The molecule has 0 radical (unpaired) electrons. The van der Waals surface area contributed by atoms with E-state index in [2.05, 4.69) is 26.6 Å². The number of benzene rings is 1. The number of anilines is 1. The number of amides is 1. The Morgan fingerprint density at radius 3 is 2.79 bits per heavy atom. The number of halogens is 1. The van der Waals surface area contributed by atoms with Crippen molar-refractivity contribution >= 4 is 33.5 Å². The van der Waals surface area contributed by atoms with Crippen LogP contribution >= 0.6 is 15.9 Å². The summed E-state index contributed by atoms with van der Waals surface area (Å²) < 4.78 is 0.668. The molecule has 1 amide bonds. The first-order valence-electron chi connectivity index (χ1n) is 6.15. The second kappa shape index (κ2) is 6.16. The molecule has 0 aromatic heterocycles. The highest BCUT2D eigenvalue weighted by Crippen LogP contribution is 2.24. The summed E-state index contributed by atoms with van der Waals surface area (Å²) in [5.74, 6) is -1.14. The van der Waals surface area contributed by atoms with Gasteiger partial charge in [0, 0.05) is 4.47 Å². The van der Waals surface area contributed by atoms with Gasteiger partial charge < -0.3 is 15.7 Å². The molecule has 3 N–H and O–H groups in total. The fourth-order valence-electron chi connectivity index (χ4n) is 2.05. The Morgan fingerprint density at radius 1 is 1.37 bits per heavy atom. The van der Waals surface area contributed by atoms with Crippen LogP contribution in [-0.2, 0) is 4.79 Å². The number of aromatic carboxylic acids is 1. The molecule has 6 heteroatoms. The number of hydrogen-bond acceptors (Lipinski definition) is 3. The molecule has 1 aliphatic heterocycles. The predicted octanol–water partition coefficient (Wildman–Crippen LogP) is 2.23. The zero-order valence-corrected chi connectivity index (χ0v) is 11.9. The van der Waals surface area contributed by atoms with Crippen LogP contribution in [0, 0.1) is 0 Å². The summed E-state index contributed by atoms with van der Waals surface area (Å²) in [6.45, 7) is 0.842. The van der Waals surface area contributed by atoms with Crippen molar-refractivity contribution in [2.45, 2.75) is 25.3 Å². The Hall–Kier alpha value is -1.40. The largest absolute Gasteiger partial charge is 0.478 e. The van der Waals surface area contributed by atoms with Crippen LogP contribution in [-0.4, -0.2) is 29.6 Å². The summed E-state index contributed by atoms with van der Waals surface area (Å²) in [7, 11) is 0. The average molecular weight is 327 g/mol. The minimum Gasteiger partial charge on any atom is -0.478 e. The number of carbonyl (C=O) groups excluding carboxylic acids is 1. The van der Waals surface area contributed by atoms with Gasteiger partial charge in [-0.3, -0.25) is 4.79 Å². The van der Waals surface area contributed by atoms with E-state index < -0.39 is 5.97 Å². The zero-order valence-electron chi connectivity index (χ0n) is 10.3. The van der Waals surface area contributed by atoms with Gasteiger partial charge in [0.15, 0.2) is 0 Å². The Kier molecular flexibility index (Phi) is 4.55. The van der Waals surface area contributed by atoms with Crippen molar-refractivity contribution < 1.29 is 14.7 Å². The third-order valence-corrected chi connectivity index (χ3v) is 3.79. The number of carboxylic acid groups (broad SMARTS) is 1. The van der Waals surface area contributed by atoms with Crippen molar-refractivity contribution in [1.82, 2.24) is 5.32 Å². The molecule has 0 aliphatic carbocycles. The van der Waals surface area contributed by atoms with E-state index in [4.69, 9.17) is 5.11 Å². The number of piperidine rings is 1. The lowest BCUT2D eigenvalue weighted by Crippen LogP contribution is -2.43. The van der Waals surface area contributed by atoms with Gasteiger partial charge in [0.1, 0.15) is 0 Å². The van der Waals surface area contributed by atoms with Crippen molar-refractivity contribution in [2.75, 3.05) is 11.9 Å². The van der Waals surface area contributed by atoms with Crippen LogP contribution in [0.3, 0.4) is 0 Å². The molecule has 102 valence electrons. The maximum absolute atomic E-state index is 12.1. The van der Waals surface area contributed by atoms with E-state index in [0.29, 0.717) is 10.2 Å². The van der Waals surface area contributed by atoms with Crippen LogP contribution in [0.5, 0.6) is 0 Å². The number of hydrogen-bond donors (Lipinski definition) is 3. The molecule has 19 heavy (non-hydrogen) atoms. The van der Waals surface area contributed by atoms with Gasteiger partial charge in [-0.05, 0) is 53.5 Å². The van der Waals surface area contributed by atoms with Crippen molar-refractivity contribution in [3.05, 3.63) is 28.2 Å². The molecule has 1 atom stereocenters. The molecule has 1 aromatic carbocycles. The standard InChI is InChI=1S/C13H15BrN2O3/c14-9-5-4-8(13(18)19)7-11(9)16-12(17)10-3-1-2-6-15-10/h4-5,7,10,15H,1-3,6H2,(H,16,17)(H,18,19)/t10-/m1/s1. The maximum atomic E-state index is 12.1. The van der Waals surface area contributed by atoms with Crippen molar-refractivity contribution in [1.29, 1.82) is 0 Å². The molecule has 1 aliphatic rings. The van der Waals surface area contributed by atoms with Crippen molar-refractivity contribution in [3.63, 3.8) is 0 Å². The first kappa shape index (κ1) is 14.0. The summed E-state index contributed by atoms with van der Waals surface area (Å²) in [5.41, 5.74) is 0.632. The quantitative estimate of drug-likeness (QED) is 0.795. The van der Waals surface area contributed by atoms with Crippen molar-refractivity contribution in [3.8, 4) is 0 Å².